The lowest BCUT2D eigenvalue weighted by molar-refractivity contribution is -0.129. The zero-order valence-corrected chi connectivity index (χ0v) is 19.2. The summed E-state index contributed by atoms with van der Waals surface area (Å²) in [6.07, 6.45) is 1.33. The summed E-state index contributed by atoms with van der Waals surface area (Å²) in [5, 5.41) is 2.33. The second kappa shape index (κ2) is 11.3. The maximum absolute atomic E-state index is 12.1. The minimum atomic E-state index is -0.501. The van der Waals surface area contributed by atoms with Crippen LogP contribution in [0.15, 0.2) is 60.0 Å². The van der Waals surface area contributed by atoms with Gasteiger partial charge in [-0.05, 0) is 36.2 Å². The van der Waals surface area contributed by atoms with Gasteiger partial charge in [-0.15, -0.1) is 11.3 Å². The third kappa shape index (κ3) is 6.55. The molecule has 1 fully saturated rings. The van der Waals surface area contributed by atoms with Crippen LogP contribution in [0.1, 0.15) is 24.1 Å². The molecule has 1 aliphatic heterocycles. The number of rotatable bonds is 9. The maximum Gasteiger partial charge on any atom is 0.276 e. The molecule has 3 aromatic rings. The van der Waals surface area contributed by atoms with Crippen molar-refractivity contribution in [2.45, 2.75) is 25.9 Å². The zero-order chi connectivity index (χ0) is 23.8. The van der Waals surface area contributed by atoms with Gasteiger partial charge in [-0.3, -0.25) is 30.1 Å². The number of hydrogen-bond donors (Lipinski definition) is 2. The average Bonchev–Trinajstić information content (AvgIpc) is 3.50. The highest BCUT2D eigenvalue weighted by molar-refractivity contribution is 7.14. The standard InChI is InChI=1S/C24H24N4O5S/c29-21(13-18-16-34-24(25-18)28-12-4-7-23(28)31)26-27-22(30)15-33-20-10-8-19(9-11-20)32-14-17-5-2-1-3-6-17/h1-3,5-6,8-11,16H,4,7,12-15H2,(H,26,29)(H,27,30). The molecule has 9 nitrogen and oxygen atoms in total. The summed E-state index contributed by atoms with van der Waals surface area (Å²) in [6.45, 7) is 0.849. The number of hydrogen-bond acceptors (Lipinski definition) is 7. The largest absolute Gasteiger partial charge is 0.489 e. The molecule has 34 heavy (non-hydrogen) atoms. The number of aromatic nitrogens is 1. The maximum atomic E-state index is 12.1. The normalized spacial score (nSPS) is 12.9. The molecule has 10 heteroatoms. The van der Waals surface area contributed by atoms with Crippen molar-refractivity contribution >= 4 is 34.2 Å². The number of nitrogens with one attached hydrogen (secondary N) is 2. The Labute approximate surface area is 200 Å². The molecule has 0 aliphatic carbocycles. The molecule has 4 rings (SSSR count). The monoisotopic (exact) mass is 480 g/mol. The number of amides is 3. The van der Waals surface area contributed by atoms with Gasteiger partial charge in [-0.1, -0.05) is 30.3 Å². The van der Waals surface area contributed by atoms with E-state index in [4.69, 9.17) is 9.47 Å². The molecule has 1 aromatic heterocycles. The predicted molar refractivity (Wildman–Crippen MR) is 126 cm³/mol. The minimum Gasteiger partial charge on any atom is -0.489 e. The molecular weight excluding hydrogens is 456 g/mol. The van der Waals surface area contributed by atoms with Gasteiger partial charge in [0, 0.05) is 18.3 Å². The Bertz CT molecular complexity index is 1130. The number of nitrogens with zero attached hydrogens (tertiary/aromatic N) is 2. The van der Waals surface area contributed by atoms with Crippen LogP contribution < -0.4 is 25.2 Å². The second-order valence-electron chi connectivity index (χ2n) is 7.58. The first-order valence-corrected chi connectivity index (χ1v) is 11.7. The van der Waals surface area contributed by atoms with Crippen LogP contribution in [0.2, 0.25) is 0 Å². The van der Waals surface area contributed by atoms with E-state index in [1.54, 1.807) is 34.5 Å². The molecule has 1 saturated heterocycles. The number of carbonyl (C=O) groups is 3. The number of hydrazine groups is 1. The summed E-state index contributed by atoms with van der Waals surface area (Å²) in [7, 11) is 0. The molecule has 0 saturated carbocycles. The minimum absolute atomic E-state index is 0.00981. The van der Waals surface area contributed by atoms with Gasteiger partial charge in [-0.2, -0.15) is 0 Å². The van der Waals surface area contributed by atoms with Crippen molar-refractivity contribution in [3.8, 4) is 11.5 Å². The number of carbonyl (C=O) groups excluding carboxylic acids is 3. The van der Waals surface area contributed by atoms with Crippen LogP contribution in [0.3, 0.4) is 0 Å². The lowest BCUT2D eigenvalue weighted by atomic mass is 10.2. The van der Waals surface area contributed by atoms with Gasteiger partial charge in [0.15, 0.2) is 11.7 Å². The third-order valence-corrected chi connectivity index (χ3v) is 5.88. The number of anilines is 1. The van der Waals surface area contributed by atoms with Crippen LogP contribution in [-0.4, -0.2) is 35.9 Å². The predicted octanol–water partition coefficient (Wildman–Crippen LogP) is 2.62. The van der Waals surface area contributed by atoms with E-state index in [9.17, 15) is 14.4 Å². The third-order valence-electron chi connectivity index (χ3n) is 4.97. The lowest BCUT2D eigenvalue weighted by Crippen LogP contribution is -2.44. The smallest absolute Gasteiger partial charge is 0.276 e. The molecule has 0 bridgehead atoms. The molecule has 0 atom stereocenters. The average molecular weight is 481 g/mol. The summed E-state index contributed by atoms with van der Waals surface area (Å²) in [6, 6.07) is 16.8. The molecular formula is C24H24N4O5S. The van der Waals surface area contributed by atoms with E-state index in [1.165, 1.54) is 11.3 Å². The first-order chi connectivity index (χ1) is 16.6. The van der Waals surface area contributed by atoms with E-state index in [0.717, 1.165) is 12.0 Å². The molecule has 1 aliphatic rings. The summed E-state index contributed by atoms with van der Waals surface area (Å²) in [5.74, 6) is 0.316. The van der Waals surface area contributed by atoms with Crippen molar-refractivity contribution in [1.82, 2.24) is 15.8 Å². The molecule has 0 radical (unpaired) electrons. The fourth-order valence-electron chi connectivity index (χ4n) is 3.26. The Kier molecular flexibility index (Phi) is 7.71. The highest BCUT2D eigenvalue weighted by atomic mass is 32.1. The number of thiazole rings is 1. The molecule has 3 amide bonds. The van der Waals surface area contributed by atoms with Crippen molar-refractivity contribution < 1.29 is 23.9 Å². The van der Waals surface area contributed by atoms with E-state index in [-0.39, 0.29) is 18.9 Å². The highest BCUT2D eigenvalue weighted by Gasteiger charge is 2.24. The number of ether oxygens (including phenoxy) is 2. The van der Waals surface area contributed by atoms with Crippen molar-refractivity contribution in [3.05, 3.63) is 71.2 Å². The van der Waals surface area contributed by atoms with Crippen molar-refractivity contribution in [2.75, 3.05) is 18.1 Å². The van der Waals surface area contributed by atoms with Crippen LogP contribution in [0.4, 0.5) is 5.13 Å². The topological polar surface area (TPSA) is 110 Å². The summed E-state index contributed by atoms with van der Waals surface area (Å²) < 4.78 is 11.2. The first kappa shape index (κ1) is 23.2. The van der Waals surface area contributed by atoms with Crippen LogP contribution >= 0.6 is 11.3 Å². The zero-order valence-electron chi connectivity index (χ0n) is 18.4. The van der Waals surface area contributed by atoms with Gasteiger partial charge < -0.3 is 9.47 Å². The van der Waals surface area contributed by atoms with Gasteiger partial charge in [0.05, 0.1) is 12.1 Å². The van der Waals surface area contributed by atoms with Crippen molar-refractivity contribution in [1.29, 1.82) is 0 Å². The van der Waals surface area contributed by atoms with E-state index in [0.29, 0.717) is 41.9 Å². The Morgan fingerprint density at radius 3 is 2.38 bits per heavy atom. The van der Waals surface area contributed by atoms with Crippen LogP contribution in [0.5, 0.6) is 11.5 Å². The van der Waals surface area contributed by atoms with Crippen molar-refractivity contribution in [3.63, 3.8) is 0 Å². The summed E-state index contributed by atoms with van der Waals surface area (Å²) >= 11 is 1.32. The van der Waals surface area contributed by atoms with Gasteiger partial charge in [0.1, 0.15) is 18.1 Å². The van der Waals surface area contributed by atoms with E-state index in [2.05, 4.69) is 15.8 Å². The lowest BCUT2D eigenvalue weighted by Gasteiger charge is -2.10. The van der Waals surface area contributed by atoms with Crippen LogP contribution in [-0.2, 0) is 27.4 Å². The van der Waals surface area contributed by atoms with Gasteiger partial charge in [0.2, 0.25) is 11.8 Å². The van der Waals surface area contributed by atoms with E-state index >= 15 is 0 Å². The Morgan fingerprint density at radius 1 is 0.971 bits per heavy atom. The van der Waals surface area contributed by atoms with E-state index in [1.807, 2.05) is 30.3 Å². The van der Waals surface area contributed by atoms with Gasteiger partial charge >= 0.3 is 0 Å². The summed E-state index contributed by atoms with van der Waals surface area (Å²) in [4.78, 5) is 41.8. The fraction of sp³-hybridized carbons (Fsp3) is 0.250. The van der Waals surface area contributed by atoms with E-state index < -0.39 is 11.8 Å². The fourth-order valence-corrected chi connectivity index (χ4v) is 4.13. The summed E-state index contributed by atoms with van der Waals surface area (Å²) in [5.41, 5.74) is 6.26. The van der Waals surface area contributed by atoms with Crippen LogP contribution in [0, 0.1) is 0 Å². The Balaban J connectivity index is 1.15. The molecule has 2 heterocycles. The first-order valence-electron chi connectivity index (χ1n) is 10.8. The second-order valence-corrected chi connectivity index (χ2v) is 8.41. The molecule has 2 N–H and O–H groups in total. The highest BCUT2D eigenvalue weighted by Crippen LogP contribution is 2.25. The Hall–Kier alpha value is -3.92. The quantitative estimate of drug-likeness (QED) is 0.456. The van der Waals surface area contributed by atoms with Crippen LogP contribution in [0.25, 0.3) is 0 Å². The molecule has 2 aromatic carbocycles. The van der Waals surface area contributed by atoms with Gasteiger partial charge in [0.25, 0.3) is 5.91 Å². The molecule has 176 valence electrons. The Morgan fingerprint density at radius 2 is 1.68 bits per heavy atom. The molecule has 0 spiro atoms. The van der Waals surface area contributed by atoms with Gasteiger partial charge in [-0.25, -0.2) is 4.98 Å². The SMILES string of the molecule is O=C(COc1ccc(OCc2ccccc2)cc1)NNC(=O)Cc1csc(N2CCCC2=O)n1. The van der Waals surface area contributed by atoms with Crippen molar-refractivity contribution in [2.24, 2.45) is 0 Å². The molecule has 0 unspecified atom stereocenters. The number of benzene rings is 2.